The standard InChI is InChI=1S/C9H16N2OS2/c1-6(10)4-14(12)5-9-11-7(2)8(3)13-9/h6H,4-5,10H2,1-3H3. The van der Waals surface area contributed by atoms with Gasteiger partial charge in [0.2, 0.25) is 0 Å². The van der Waals surface area contributed by atoms with E-state index in [0.29, 0.717) is 11.5 Å². The lowest BCUT2D eigenvalue weighted by atomic mass is 10.4. The highest BCUT2D eigenvalue weighted by atomic mass is 32.2. The summed E-state index contributed by atoms with van der Waals surface area (Å²) in [5.74, 6) is 1.10. The molecule has 2 N–H and O–H groups in total. The number of thiazole rings is 1. The Morgan fingerprint density at radius 1 is 1.57 bits per heavy atom. The van der Waals surface area contributed by atoms with Gasteiger partial charge in [0.25, 0.3) is 0 Å². The topological polar surface area (TPSA) is 56.0 Å². The van der Waals surface area contributed by atoms with Gasteiger partial charge < -0.3 is 5.73 Å². The molecule has 1 aromatic rings. The molecule has 0 aliphatic carbocycles. The molecule has 0 saturated heterocycles. The predicted octanol–water partition coefficient (Wildman–Crippen LogP) is 1.36. The summed E-state index contributed by atoms with van der Waals surface area (Å²) in [5.41, 5.74) is 6.62. The highest BCUT2D eigenvalue weighted by Crippen LogP contribution is 2.17. The molecular weight excluding hydrogens is 216 g/mol. The number of nitrogens with two attached hydrogens (primary N) is 1. The zero-order chi connectivity index (χ0) is 10.7. The normalized spacial score (nSPS) is 15.4. The van der Waals surface area contributed by atoms with Gasteiger partial charge in [-0.1, -0.05) is 0 Å². The first-order valence-electron chi connectivity index (χ1n) is 4.52. The van der Waals surface area contributed by atoms with E-state index >= 15 is 0 Å². The van der Waals surface area contributed by atoms with E-state index in [4.69, 9.17) is 5.73 Å². The van der Waals surface area contributed by atoms with Crippen molar-refractivity contribution in [2.45, 2.75) is 32.6 Å². The minimum Gasteiger partial charge on any atom is -0.327 e. The average Bonchev–Trinajstić information content (AvgIpc) is 2.28. The quantitative estimate of drug-likeness (QED) is 0.852. The van der Waals surface area contributed by atoms with E-state index in [1.165, 1.54) is 4.88 Å². The maximum absolute atomic E-state index is 11.5. The molecule has 0 amide bonds. The zero-order valence-corrected chi connectivity index (χ0v) is 10.4. The first-order valence-corrected chi connectivity index (χ1v) is 6.83. The second-order valence-electron chi connectivity index (χ2n) is 3.48. The summed E-state index contributed by atoms with van der Waals surface area (Å²) in [6.45, 7) is 5.88. The van der Waals surface area contributed by atoms with Gasteiger partial charge >= 0.3 is 0 Å². The summed E-state index contributed by atoms with van der Waals surface area (Å²) < 4.78 is 11.5. The lowest BCUT2D eigenvalue weighted by Gasteiger charge is -2.02. The Bertz CT molecular complexity index is 314. The third-order valence-electron chi connectivity index (χ3n) is 1.81. The molecular formula is C9H16N2OS2. The van der Waals surface area contributed by atoms with Gasteiger partial charge in [0, 0.05) is 27.5 Å². The number of rotatable bonds is 4. The number of nitrogens with zero attached hydrogens (tertiary/aromatic N) is 1. The monoisotopic (exact) mass is 232 g/mol. The number of aromatic nitrogens is 1. The molecule has 1 heterocycles. The van der Waals surface area contributed by atoms with Crippen LogP contribution in [0.25, 0.3) is 0 Å². The summed E-state index contributed by atoms with van der Waals surface area (Å²) in [5, 5.41) is 0.957. The van der Waals surface area contributed by atoms with Crippen LogP contribution < -0.4 is 5.73 Å². The van der Waals surface area contributed by atoms with E-state index in [2.05, 4.69) is 4.98 Å². The van der Waals surface area contributed by atoms with Crippen molar-refractivity contribution in [3.05, 3.63) is 15.6 Å². The third-order valence-corrected chi connectivity index (χ3v) is 4.55. The van der Waals surface area contributed by atoms with Crippen LogP contribution in [0.5, 0.6) is 0 Å². The zero-order valence-electron chi connectivity index (χ0n) is 8.74. The largest absolute Gasteiger partial charge is 0.327 e. The average molecular weight is 232 g/mol. The summed E-state index contributed by atoms with van der Waals surface area (Å²) >= 11 is 1.62. The smallest absolute Gasteiger partial charge is 0.106 e. The molecule has 2 unspecified atom stereocenters. The lowest BCUT2D eigenvalue weighted by Crippen LogP contribution is -2.23. The van der Waals surface area contributed by atoms with Crippen LogP contribution in [0.4, 0.5) is 0 Å². The molecule has 0 aromatic carbocycles. The minimum absolute atomic E-state index is 0.00186. The van der Waals surface area contributed by atoms with Gasteiger partial charge in [-0.3, -0.25) is 4.21 Å². The predicted molar refractivity (Wildman–Crippen MR) is 62.0 cm³/mol. The Morgan fingerprint density at radius 2 is 2.21 bits per heavy atom. The van der Waals surface area contributed by atoms with Crippen molar-refractivity contribution in [1.82, 2.24) is 4.98 Å². The third kappa shape index (κ3) is 3.48. The van der Waals surface area contributed by atoms with Crippen molar-refractivity contribution in [1.29, 1.82) is 0 Å². The van der Waals surface area contributed by atoms with Crippen molar-refractivity contribution >= 4 is 22.1 Å². The SMILES string of the molecule is Cc1nc(CS(=O)CC(C)N)sc1C. The highest BCUT2D eigenvalue weighted by Gasteiger charge is 2.09. The summed E-state index contributed by atoms with van der Waals surface area (Å²) in [4.78, 5) is 5.55. The second-order valence-corrected chi connectivity index (χ2v) is 6.27. The lowest BCUT2D eigenvalue weighted by molar-refractivity contribution is 0.676. The first-order chi connectivity index (χ1) is 6.49. The molecule has 2 atom stereocenters. The highest BCUT2D eigenvalue weighted by molar-refractivity contribution is 7.84. The van der Waals surface area contributed by atoms with E-state index in [9.17, 15) is 4.21 Å². The van der Waals surface area contributed by atoms with Gasteiger partial charge in [-0.2, -0.15) is 0 Å². The van der Waals surface area contributed by atoms with E-state index in [0.717, 1.165) is 10.7 Å². The Morgan fingerprint density at radius 3 is 2.64 bits per heavy atom. The van der Waals surface area contributed by atoms with E-state index in [1.807, 2.05) is 20.8 Å². The Labute approximate surface area is 91.2 Å². The van der Waals surface area contributed by atoms with Crippen LogP contribution in [-0.4, -0.2) is 21.0 Å². The van der Waals surface area contributed by atoms with E-state index in [1.54, 1.807) is 11.3 Å². The molecule has 0 bridgehead atoms. The molecule has 0 spiro atoms. The Hall–Kier alpha value is -0.260. The molecule has 3 nitrogen and oxygen atoms in total. The molecule has 1 aromatic heterocycles. The molecule has 14 heavy (non-hydrogen) atoms. The van der Waals surface area contributed by atoms with Crippen molar-refractivity contribution in [3.8, 4) is 0 Å². The fourth-order valence-corrected chi connectivity index (χ4v) is 3.49. The number of hydrogen-bond acceptors (Lipinski definition) is 4. The van der Waals surface area contributed by atoms with Crippen LogP contribution in [0.15, 0.2) is 0 Å². The van der Waals surface area contributed by atoms with Gasteiger partial charge in [0.05, 0.1) is 11.4 Å². The van der Waals surface area contributed by atoms with Crippen LogP contribution in [0.1, 0.15) is 22.5 Å². The van der Waals surface area contributed by atoms with E-state index in [-0.39, 0.29) is 6.04 Å². The van der Waals surface area contributed by atoms with E-state index < -0.39 is 10.8 Å². The summed E-state index contributed by atoms with van der Waals surface area (Å²) in [7, 11) is -0.873. The second kappa shape index (κ2) is 5.00. The van der Waals surface area contributed by atoms with Crippen molar-refractivity contribution < 1.29 is 4.21 Å². The number of aryl methyl sites for hydroxylation is 2. The van der Waals surface area contributed by atoms with Gasteiger partial charge in [-0.05, 0) is 20.8 Å². The Balaban J connectivity index is 2.56. The van der Waals surface area contributed by atoms with Crippen LogP contribution in [-0.2, 0) is 16.6 Å². The van der Waals surface area contributed by atoms with Crippen molar-refractivity contribution in [3.63, 3.8) is 0 Å². The Kier molecular flexibility index (Phi) is 4.22. The fraction of sp³-hybridized carbons (Fsp3) is 0.667. The molecule has 5 heteroatoms. The summed E-state index contributed by atoms with van der Waals surface area (Å²) in [6.07, 6.45) is 0. The van der Waals surface area contributed by atoms with Crippen molar-refractivity contribution in [2.24, 2.45) is 5.73 Å². The van der Waals surface area contributed by atoms with Crippen LogP contribution in [0, 0.1) is 13.8 Å². The van der Waals surface area contributed by atoms with Gasteiger partial charge in [-0.25, -0.2) is 4.98 Å². The maximum Gasteiger partial charge on any atom is 0.106 e. The van der Waals surface area contributed by atoms with Gasteiger partial charge in [-0.15, -0.1) is 11.3 Å². The minimum atomic E-state index is -0.873. The van der Waals surface area contributed by atoms with Gasteiger partial charge in [0.15, 0.2) is 0 Å². The molecule has 0 aliphatic heterocycles. The molecule has 0 aliphatic rings. The van der Waals surface area contributed by atoms with Crippen LogP contribution in [0.2, 0.25) is 0 Å². The van der Waals surface area contributed by atoms with Crippen molar-refractivity contribution in [2.75, 3.05) is 5.75 Å². The molecule has 0 radical (unpaired) electrons. The van der Waals surface area contributed by atoms with Crippen LogP contribution >= 0.6 is 11.3 Å². The molecule has 80 valence electrons. The molecule has 0 saturated carbocycles. The summed E-state index contributed by atoms with van der Waals surface area (Å²) in [6, 6.07) is -0.00186. The first kappa shape index (κ1) is 11.8. The van der Waals surface area contributed by atoms with Crippen LogP contribution in [0.3, 0.4) is 0 Å². The maximum atomic E-state index is 11.5. The molecule has 0 fully saturated rings. The molecule has 1 rings (SSSR count). The number of hydrogen-bond donors (Lipinski definition) is 1. The fourth-order valence-electron chi connectivity index (χ4n) is 1.09. The van der Waals surface area contributed by atoms with Gasteiger partial charge in [0.1, 0.15) is 5.01 Å².